The Morgan fingerprint density at radius 2 is 1.27 bits per heavy atom. The number of hydrogen-bond donors (Lipinski definition) is 1. The number of rotatable bonds is 25. The maximum Gasteiger partial charge on any atom is 0.416 e. The number of likely N-dealkylation sites (N-methyl/N-ethyl adjacent to an activating group) is 3. The fraction of sp³-hybridized carbons (Fsp3) is 0.446. The van der Waals surface area contributed by atoms with Crippen LogP contribution in [0.15, 0.2) is 146 Å². The molecule has 0 saturated carbocycles. The number of halogens is 7. The first-order valence-corrected chi connectivity index (χ1v) is 33.2. The van der Waals surface area contributed by atoms with Crippen molar-refractivity contribution < 1.29 is 68.9 Å². The molecule has 3 saturated heterocycles. The molecule has 97 heavy (non-hydrogen) atoms. The number of hydrogen-bond acceptors (Lipinski definition) is 11. The average Bonchev–Trinajstić information content (AvgIpc) is 1.60. The van der Waals surface area contributed by atoms with Crippen LogP contribution in [0.4, 0.5) is 46.9 Å². The molecule has 0 unspecified atom stereocenters. The number of piperidine rings is 2. The molecular formula is C74H85F7N8O8. The number of fused-ring (bicyclic) bond motifs is 2. The molecule has 2 atom stereocenters. The van der Waals surface area contributed by atoms with Crippen LogP contribution in [-0.4, -0.2) is 185 Å². The zero-order valence-corrected chi connectivity index (χ0v) is 55.3. The summed E-state index contributed by atoms with van der Waals surface area (Å²) in [5, 5.41) is 2.93. The van der Waals surface area contributed by atoms with E-state index in [1.165, 1.54) is 24.3 Å². The van der Waals surface area contributed by atoms with Gasteiger partial charge in [-0.1, -0.05) is 91.3 Å². The van der Waals surface area contributed by atoms with Crippen molar-refractivity contribution in [3.8, 4) is 11.1 Å². The van der Waals surface area contributed by atoms with Crippen LogP contribution in [0.1, 0.15) is 106 Å². The molecule has 0 radical (unpaired) electrons. The van der Waals surface area contributed by atoms with Crippen molar-refractivity contribution in [1.82, 2.24) is 29.4 Å². The molecular weight excluding hydrogens is 1260 g/mol. The first-order valence-electron chi connectivity index (χ1n) is 33.2. The fourth-order valence-corrected chi connectivity index (χ4v) is 13.7. The van der Waals surface area contributed by atoms with E-state index in [9.17, 15) is 54.7 Å². The van der Waals surface area contributed by atoms with Crippen LogP contribution in [0, 0.1) is 5.82 Å². The second-order valence-corrected chi connectivity index (χ2v) is 26.1. The minimum atomic E-state index is -5.15. The number of nitrogens with one attached hydrogen (secondary N) is 1. The summed E-state index contributed by atoms with van der Waals surface area (Å²) < 4.78 is 116. The number of nitrogens with zero attached hydrogens (tertiary/aromatic N) is 7. The van der Waals surface area contributed by atoms with Gasteiger partial charge in [0.25, 0.3) is 11.8 Å². The summed E-state index contributed by atoms with van der Waals surface area (Å²) in [4.78, 5) is 79.7. The van der Waals surface area contributed by atoms with E-state index in [-0.39, 0.29) is 68.7 Å². The third-order valence-corrected chi connectivity index (χ3v) is 19.7. The fourth-order valence-electron chi connectivity index (χ4n) is 13.7. The van der Waals surface area contributed by atoms with Gasteiger partial charge < -0.3 is 48.5 Å². The molecule has 6 aromatic rings. The van der Waals surface area contributed by atoms with E-state index in [4.69, 9.17) is 14.2 Å². The predicted octanol–water partition coefficient (Wildman–Crippen LogP) is 12.6. The second kappa shape index (κ2) is 31.4. The van der Waals surface area contributed by atoms with Crippen LogP contribution in [0.3, 0.4) is 0 Å². The van der Waals surface area contributed by atoms with E-state index in [0.717, 1.165) is 91.1 Å². The van der Waals surface area contributed by atoms with Crippen molar-refractivity contribution >= 4 is 41.1 Å². The van der Waals surface area contributed by atoms with Gasteiger partial charge in [-0.15, -0.1) is 0 Å². The summed E-state index contributed by atoms with van der Waals surface area (Å²) in [6.45, 7) is 5.04. The highest BCUT2D eigenvalue weighted by Gasteiger charge is 2.50. The van der Waals surface area contributed by atoms with E-state index in [1.807, 2.05) is 93.0 Å². The molecule has 3 heterocycles. The summed E-state index contributed by atoms with van der Waals surface area (Å²) in [7, 11) is 7.24. The van der Waals surface area contributed by atoms with Crippen molar-refractivity contribution in [2.75, 3.05) is 124 Å². The summed E-state index contributed by atoms with van der Waals surface area (Å²) in [6, 6.07) is 39.3. The molecule has 0 aromatic heterocycles. The maximum absolute atomic E-state index is 14.3. The first-order chi connectivity index (χ1) is 46.4. The van der Waals surface area contributed by atoms with Gasteiger partial charge in [-0.2, -0.15) is 26.3 Å². The highest BCUT2D eigenvalue weighted by molar-refractivity contribution is 5.95. The Kier molecular flexibility index (Phi) is 23.1. The molecule has 16 nitrogen and oxygen atoms in total. The van der Waals surface area contributed by atoms with Crippen molar-refractivity contribution in [2.45, 2.75) is 99.8 Å². The van der Waals surface area contributed by atoms with Gasteiger partial charge in [0, 0.05) is 115 Å². The second-order valence-electron chi connectivity index (χ2n) is 26.1. The molecule has 1 N–H and O–H groups in total. The molecule has 0 bridgehead atoms. The van der Waals surface area contributed by atoms with Crippen LogP contribution in [0.25, 0.3) is 11.1 Å². The highest BCUT2D eigenvalue weighted by atomic mass is 19.4. The summed E-state index contributed by atoms with van der Waals surface area (Å²) >= 11 is 0. The lowest BCUT2D eigenvalue weighted by atomic mass is 9.72. The Balaban J connectivity index is 0.620. The molecule has 1 spiro atoms. The van der Waals surface area contributed by atoms with Crippen molar-refractivity contribution in [1.29, 1.82) is 0 Å². The number of ether oxygens (including phenoxy) is 3. The van der Waals surface area contributed by atoms with Crippen molar-refractivity contribution in [3.63, 3.8) is 0 Å². The third-order valence-electron chi connectivity index (χ3n) is 19.7. The Morgan fingerprint density at radius 3 is 1.96 bits per heavy atom. The number of likely N-dealkylation sites (tertiary alicyclic amines) is 2. The summed E-state index contributed by atoms with van der Waals surface area (Å²) in [6.07, 6.45) is -4.62. The smallest absolute Gasteiger partial charge is 0.416 e. The third kappa shape index (κ3) is 17.9. The topological polar surface area (TPSA) is 148 Å². The molecule has 3 aliphatic heterocycles. The Morgan fingerprint density at radius 1 is 0.639 bits per heavy atom. The van der Waals surface area contributed by atoms with Crippen molar-refractivity contribution in [2.24, 2.45) is 0 Å². The van der Waals surface area contributed by atoms with E-state index in [2.05, 4.69) is 32.1 Å². The largest absolute Gasteiger partial charge is 0.446 e. The maximum atomic E-state index is 14.3. The van der Waals surface area contributed by atoms with Gasteiger partial charge in [0.1, 0.15) is 30.9 Å². The van der Waals surface area contributed by atoms with Gasteiger partial charge >= 0.3 is 18.4 Å². The molecule has 3 fully saturated rings. The number of carbonyl (C=O) groups is 5. The Bertz CT molecular complexity index is 3650. The van der Waals surface area contributed by atoms with Gasteiger partial charge in [0.15, 0.2) is 0 Å². The van der Waals surface area contributed by atoms with Gasteiger partial charge in [-0.25, -0.2) is 9.18 Å². The Hall–Kier alpha value is -8.38. The number of amides is 5. The van der Waals surface area contributed by atoms with Crippen LogP contribution in [0.2, 0.25) is 0 Å². The van der Waals surface area contributed by atoms with E-state index < -0.39 is 64.6 Å². The van der Waals surface area contributed by atoms with Gasteiger partial charge in [0.2, 0.25) is 11.8 Å². The normalized spacial score (nSPS) is 18.2. The Labute approximate surface area is 562 Å². The molecule has 4 aliphatic rings. The summed E-state index contributed by atoms with van der Waals surface area (Å²) in [5.74, 6) is -1.92. The first kappa shape index (κ1) is 71.4. The standard InChI is InChI=1S/C74H85F7N8O8/c1-83(35-14-6-9-21-66(90)84(2)43-44-87-36-30-61(31-37-87)97-70(94)82-64-20-13-11-18-62(64)52-15-7-5-8-16-52)60-28-22-53(23-29-60)68(92)86(4)42-41-85(3)67(91)49-95-65-47-54-17-10-12-19-63(54)71(65)32-38-88(39-33-71)40-34-72(56-24-26-59(75)27-25-56)50-89(51-96-72)69(93)55-45-57(73(76,77)78)48-58(46-55)74(79,80)81/h5,7-8,10-13,15-20,22-29,45-46,48,61,65H,6,9,14,21,30-44,47,49-51H2,1-4H3,(H,82,94)/t65-,72-/m0/s1. The number of alkyl halides is 6. The number of unbranched alkanes of at least 4 members (excludes halogenated alkanes) is 2. The number of benzene rings is 6. The molecule has 10 rings (SSSR count). The molecule has 5 amide bonds. The summed E-state index contributed by atoms with van der Waals surface area (Å²) in [5.41, 5.74) is 1.17. The minimum absolute atomic E-state index is 0.0296. The lowest BCUT2D eigenvalue weighted by Crippen LogP contribution is -2.50. The molecule has 6 aromatic carbocycles. The predicted molar refractivity (Wildman–Crippen MR) is 355 cm³/mol. The molecule has 1 aliphatic carbocycles. The monoisotopic (exact) mass is 1350 g/mol. The lowest BCUT2D eigenvalue weighted by Gasteiger charge is -2.44. The van der Waals surface area contributed by atoms with Crippen LogP contribution in [-0.2, 0) is 53.6 Å². The highest BCUT2D eigenvalue weighted by Crippen LogP contribution is 2.49. The van der Waals surface area contributed by atoms with E-state index in [0.29, 0.717) is 80.8 Å². The SMILES string of the molecule is CN(CCN1CCC(OC(=O)Nc2ccccc2-c2ccccc2)CC1)C(=O)CCCCCN(C)c1ccc(C(=O)N(C)CCN(C)C(=O)CO[C@H]2Cc3ccccc3C23CCN(CC[C@@]2(c4ccc(F)cc4)CN(C(=O)c4cc(C(F)(F)F)cc(C(F)(F)F)c4)CO2)CC3)cc1. The van der Waals surface area contributed by atoms with Gasteiger partial charge in [0.05, 0.1) is 29.5 Å². The number of carbonyl (C=O) groups excluding carboxylic acids is 5. The lowest BCUT2D eigenvalue weighted by molar-refractivity contribution is -0.143. The number of para-hydroxylation sites is 1. The minimum Gasteiger partial charge on any atom is -0.446 e. The molecule has 23 heteroatoms. The van der Waals surface area contributed by atoms with Crippen LogP contribution >= 0.6 is 0 Å². The van der Waals surface area contributed by atoms with Crippen LogP contribution < -0.4 is 10.2 Å². The van der Waals surface area contributed by atoms with E-state index >= 15 is 0 Å². The van der Waals surface area contributed by atoms with E-state index in [1.54, 1.807) is 40.9 Å². The van der Waals surface area contributed by atoms with Gasteiger partial charge in [-0.05, 0) is 147 Å². The quantitative estimate of drug-likeness (QED) is 0.0431. The van der Waals surface area contributed by atoms with Crippen LogP contribution in [0.5, 0.6) is 0 Å². The zero-order chi connectivity index (χ0) is 69.1. The average molecular weight is 1350 g/mol. The zero-order valence-electron chi connectivity index (χ0n) is 55.3. The molecule has 518 valence electrons. The number of anilines is 2. The van der Waals surface area contributed by atoms with Gasteiger partial charge in [-0.3, -0.25) is 24.5 Å². The van der Waals surface area contributed by atoms with Crippen molar-refractivity contribution in [3.05, 3.63) is 190 Å².